The van der Waals surface area contributed by atoms with Crippen LogP contribution in [0.2, 0.25) is 0 Å². The van der Waals surface area contributed by atoms with Crippen LogP contribution >= 0.6 is 0 Å². The Morgan fingerprint density at radius 3 is 2.70 bits per heavy atom. The first-order valence-electron chi connectivity index (χ1n) is 10.7. The van der Waals surface area contributed by atoms with E-state index in [-0.39, 0.29) is 11.9 Å². The molecule has 0 radical (unpaired) electrons. The minimum atomic E-state index is -0.729. The van der Waals surface area contributed by atoms with Gasteiger partial charge in [0.2, 0.25) is 0 Å². The van der Waals surface area contributed by atoms with Crippen molar-refractivity contribution >= 4 is 18.0 Å². The number of esters is 1. The number of hydrogen-bond acceptors (Lipinski definition) is 4. The maximum atomic E-state index is 13.2. The molecule has 30 heavy (non-hydrogen) atoms. The fraction of sp³-hybridized carbons (Fsp3) is 0.458. The number of amides is 1. The Balaban J connectivity index is 1.81. The lowest BCUT2D eigenvalue weighted by molar-refractivity contribution is -0.158. The van der Waals surface area contributed by atoms with E-state index in [1.807, 2.05) is 63.3 Å². The lowest BCUT2D eigenvalue weighted by Crippen LogP contribution is -2.50. The third-order valence-electron chi connectivity index (χ3n) is 5.86. The maximum absolute atomic E-state index is 13.2. The molecular weight excluding hydrogens is 378 g/mol. The van der Waals surface area contributed by atoms with Crippen molar-refractivity contribution in [3.8, 4) is 0 Å². The number of rotatable bonds is 7. The van der Waals surface area contributed by atoms with Gasteiger partial charge in [0.1, 0.15) is 0 Å². The predicted molar refractivity (Wildman–Crippen MR) is 117 cm³/mol. The van der Waals surface area contributed by atoms with Crippen LogP contribution in [-0.2, 0) is 16.0 Å². The van der Waals surface area contributed by atoms with Crippen LogP contribution in [-0.4, -0.2) is 46.7 Å². The van der Waals surface area contributed by atoms with Gasteiger partial charge < -0.3 is 9.64 Å². The first-order chi connectivity index (χ1) is 14.5. The quantitative estimate of drug-likeness (QED) is 0.697. The molecule has 1 aliphatic heterocycles. The smallest absolute Gasteiger partial charge is 0.314 e. The molecular formula is C24H31N3O3. The second kappa shape index (κ2) is 9.74. The van der Waals surface area contributed by atoms with Crippen LogP contribution in [0.3, 0.4) is 0 Å². The van der Waals surface area contributed by atoms with Gasteiger partial charge in [-0.1, -0.05) is 49.4 Å². The molecule has 0 bridgehead atoms. The molecule has 1 aromatic heterocycles. The summed E-state index contributed by atoms with van der Waals surface area (Å²) in [5.74, 6) is -0.350. The molecule has 3 rings (SSSR count). The SMILES string of the molecule is CCOC(=O)C1(CC=Cc2ccccc2)CCCN(C(=O)c2n[nH]c(CC)c2C)C1. The minimum Gasteiger partial charge on any atom is -0.466 e. The summed E-state index contributed by atoms with van der Waals surface area (Å²) >= 11 is 0. The number of aromatic nitrogens is 2. The lowest BCUT2D eigenvalue weighted by Gasteiger charge is -2.40. The normalized spacial score (nSPS) is 19.2. The van der Waals surface area contributed by atoms with E-state index in [0.29, 0.717) is 38.2 Å². The van der Waals surface area contributed by atoms with Crippen molar-refractivity contribution < 1.29 is 14.3 Å². The summed E-state index contributed by atoms with van der Waals surface area (Å²) in [7, 11) is 0. The van der Waals surface area contributed by atoms with Crippen molar-refractivity contribution in [2.24, 2.45) is 5.41 Å². The number of carbonyl (C=O) groups is 2. The number of H-pyrrole nitrogens is 1. The van der Waals surface area contributed by atoms with E-state index in [1.165, 1.54) is 0 Å². The van der Waals surface area contributed by atoms with Crippen molar-refractivity contribution in [3.63, 3.8) is 0 Å². The zero-order valence-electron chi connectivity index (χ0n) is 18.1. The largest absolute Gasteiger partial charge is 0.466 e. The van der Waals surface area contributed by atoms with Crippen molar-refractivity contribution in [1.82, 2.24) is 15.1 Å². The Morgan fingerprint density at radius 2 is 2.03 bits per heavy atom. The van der Waals surface area contributed by atoms with E-state index in [0.717, 1.165) is 29.7 Å². The van der Waals surface area contributed by atoms with Gasteiger partial charge in [-0.05, 0) is 45.1 Å². The molecule has 2 heterocycles. The Kier molecular flexibility index (Phi) is 7.08. The Labute approximate surface area is 178 Å². The topological polar surface area (TPSA) is 75.3 Å². The van der Waals surface area contributed by atoms with Crippen LogP contribution < -0.4 is 0 Å². The van der Waals surface area contributed by atoms with Crippen molar-refractivity contribution in [2.45, 2.75) is 46.5 Å². The highest BCUT2D eigenvalue weighted by Crippen LogP contribution is 2.36. The van der Waals surface area contributed by atoms with Gasteiger partial charge in [0.05, 0.1) is 12.0 Å². The summed E-state index contributed by atoms with van der Waals surface area (Å²) in [5.41, 5.74) is 2.66. The summed E-state index contributed by atoms with van der Waals surface area (Å²) in [6, 6.07) is 9.99. The van der Waals surface area contributed by atoms with E-state index in [9.17, 15) is 9.59 Å². The lowest BCUT2D eigenvalue weighted by atomic mass is 9.76. The van der Waals surface area contributed by atoms with Gasteiger partial charge >= 0.3 is 5.97 Å². The average Bonchev–Trinajstić information content (AvgIpc) is 3.14. The highest BCUT2D eigenvalue weighted by atomic mass is 16.5. The third kappa shape index (κ3) is 4.64. The van der Waals surface area contributed by atoms with Gasteiger partial charge in [0.15, 0.2) is 5.69 Å². The number of allylic oxidation sites excluding steroid dienone is 1. The molecule has 160 valence electrons. The van der Waals surface area contributed by atoms with Gasteiger partial charge in [-0.25, -0.2) is 0 Å². The molecule has 1 N–H and O–H groups in total. The van der Waals surface area contributed by atoms with E-state index in [2.05, 4.69) is 10.2 Å². The number of carbonyl (C=O) groups excluding carboxylic acids is 2. The molecule has 1 saturated heterocycles. The fourth-order valence-electron chi connectivity index (χ4n) is 4.13. The molecule has 6 nitrogen and oxygen atoms in total. The highest BCUT2D eigenvalue weighted by Gasteiger charge is 2.44. The zero-order chi connectivity index (χ0) is 21.6. The number of ether oxygens (including phenoxy) is 1. The van der Waals surface area contributed by atoms with Gasteiger partial charge in [-0.3, -0.25) is 14.7 Å². The molecule has 1 fully saturated rings. The summed E-state index contributed by atoms with van der Waals surface area (Å²) in [6.45, 7) is 7.06. The maximum Gasteiger partial charge on any atom is 0.314 e. The number of benzene rings is 1. The molecule has 0 aliphatic carbocycles. The van der Waals surface area contributed by atoms with Crippen LogP contribution in [0.1, 0.15) is 60.4 Å². The number of aryl methyl sites for hydroxylation is 1. The van der Waals surface area contributed by atoms with Crippen LogP contribution in [0.4, 0.5) is 0 Å². The van der Waals surface area contributed by atoms with Crippen LogP contribution in [0.15, 0.2) is 36.4 Å². The molecule has 6 heteroatoms. The Bertz CT molecular complexity index is 904. The summed E-state index contributed by atoms with van der Waals surface area (Å²) in [5, 5.41) is 7.21. The molecule has 2 aromatic rings. The molecule has 0 spiro atoms. The Hall–Kier alpha value is -2.89. The monoisotopic (exact) mass is 409 g/mol. The molecule has 1 unspecified atom stereocenters. The molecule has 1 amide bonds. The third-order valence-corrected chi connectivity index (χ3v) is 5.86. The van der Waals surface area contributed by atoms with E-state index < -0.39 is 5.41 Å². The van der Waals surface area contributed by atoms with Gasteiger partial charge in [0, 0.05) is 24.3 Å². The number of aromatic amines is 1. The van der Waals surface area contributed by atoms with Crippen LogP contribution in [0.5, 0.6) is 0 Å². The molecule has 1 atom stereocenters. The number of nitrogens with zero attached hydrogens (tertiary/aromatic N) is 2. The molecule has 0 saturated carbocycles. The predicted octanol–water partition coefficient (Wildman–Crippen LogP) is 4.17. The molecule has 1 aliphatic rings. The summed E-state index contributed by atoms with van der Waals surface area (Å²) in [6.07, 6.45) is 6.83. The summed E-state index contributed by atoms with van der Waals surface area (Å²) in [4.78, 5) is 27.9. The minimum absolute atomic E-state index is 0.121. The Morgan fingerprint density at radius 1 is 1.27 bits per heavy atom. The van der Waals surface area contributed by atoms with E-state index >= 15 is 0 Å². The van der Waals surface area contributed by atoms with Crippen molar-refractivity contribution in [3.05, 3.63) is 58.9 Å². The van der Waals surface area contributed by atoms with E-state index in [1.54, 1.807) is 4.90 Å². The number of likely N-dealkylation sites (tertiary alicyclic amines) is 1. The van der Waals surface area contributed by atoms with Crippen LogP contribution in [0, 0.1) is 12.3 Å². The number of hydrogen-bond donors (Lipinski definition) is 1. The molecule has 1 aromatic carbocycles. The fourth-order valence-corrected chi connectivity index (χ4v) is 4.13. The standard InChI is InChI=1S/C24H31N3O3/c1-4-20-18(3)21(26-25-20)22(28)27-16-10-15-24(17-27,23(29)30-5-2)14-9-13-19-11-7-6-8-12-19/h6-9,11-13H,4-5,10,14-17H2,1-3H3,(H,25,26). The van der Waals surface area contributed by atoms with Crippen LogP contribution in [0.25, 0.3) is 6.08 Å². The highest BCUT2D eigenvalue weighted by molar-refractivity contribution is 5.94. The average molecular weight is 410 g/mol. The first-order valence-corrected chi connectivity index (χ1v) is 10.7. The van der Waals surface area contributed by atoms with Crippen molar-refractivity contribution in [2.75, 3.05) is 19.7 Å². The van der Waals surface area contributed by atoms with E-state index in [4.69, 9.17) is 4.74 Å². The van der Waals surface area contributed by atoms with Gasteiger partial charge in [-0.15, -0.1) is 0 Å². The summed E-state index contributed by atoms with van der Waals surface area (Å²) < 4.78 is 5.43. The second-order valence-electron chi connectivity index (χ2n) is 7.88. The van der Waals surface area contributed by atoms with Crippen molar-refractivity contribution in [1.29, 1.82) is 0 Å². The first kappa shape index (κ1) is 21.8. The van der Waals surface area contributed by atoms with Gasteiger partial charge in [-0.2, -0.15) is 5.10 Å². The zero-order valence-corrected chi connectivity index (χ0v) is 18.1. The number of nitrogens with one attached hydrogen (secondary N) is 1. The second-order valence-corrected chi connectivity index (χ2v) is 7.88. The number of piperidine rings is 1. The van der Waals surface area contributed by atoms with Gasteiger partial charge in [0.25, 0.3) is 5.91 Å².